The first-order valence-electron chi connectivity index (χ1n) is 8.22. The monoisotopic (exact) mass is 332 g/mol. The summed E-state index contributed by atoms with van der Waals surface area (Å²) in [6, 6.07) is 10.8. The summed E-state index contributed by atoms with van der Waals surface area (Å²) in [6.07, 6.45) is 2.18. The van der Waals surface area contributed by atoms with Gasteiger partial charge in [-0.25, -0.2) is 8.78 Å². The number of unbranched alkanes of at least 4 members (excludes halogenated alkanes) is 1. The maximum Gasteiger partial charge on any atom is 0.306 e. The lowest BCUT2D eigenvalue weighted by Crippen LogP contribution is -2.09. The molecule has 24 heavy (non-hydrogen) atoms. The Balaban J connectivity index is 2.02. The van der Waals surface area contributed by atoms with Crippen molar-refractivity contribution in [1.82, 2.24) is 0 Å². The standard InChI is InChI=1S/C20H22F2O2/c1-3-4-11-24-20(23)12-14(2)15-5-7-16(8-6-15)18-10-9-17(21)13-19(18)22/h5-10,13-14H,3-4,11-12H2,1-2H3. The molecule has 0 saturated carbocycles. The highest BCUT2D eigenvalue weighted by atomic mass is 19.1. The van der Waals surface area contributed by atoms with Gasteiger partial charge in [-0.05, 0) is 35.6 Å². The molecule has 1 unspecified atom stereocenters. The molecule has 0 spiro atoms. The van der Waals surface area contributed by atoms with Crippen molar-refractivity contribution in [2.75, 3.05) is 6.61 Å². The van der Waals surface area contributed by atoms with Gasteiger partial charge in [0.25, 0.3) is 0 Å². The van der Waals surface area contributed by atoms with Gasteiger partial charge in [0, 0.05) is 11.6 Å². The zero-order chi connectivity index (χ0) is 17.5. The molecule has 4 heteroatoms. The number of halogens is 2. The summed E-state index contributed by atoms with van der Waals surface area (Å²) >= 11 is 0. The summed E-state index contributed by atoms with van der Waals surface area (Å²) in [6.45, 7) is 4.46. The van der Waals surface area contributed by atoms with Crippen LogP contribution in [0.5, 0.6) is 0 Å². The smallest absolute Gasteiger partial charge is 0.306 e. The van der Waals surface area contributed by atoms with Gasteiger partial charge in [-0.15, -0.1) is 0 Å². The molecule has 2 aromatic rings. The highest BCUT2D eigenvalue weighted by molar-refractivity contribution is 5.70. The minimum Gasteiger partial charge on any atom is -0.466 e. The van der Waals surface area contributed by atoms with Crippen LogP contribution < -0.4 is 0 Å². The Morgan fingerprint density at radius 1 is 1.12 bits per heavy atom. The Labute approximate surface area is 141 Å². The van der Waals surface area contributed by atoms with E-state index < -0.39 is 11.6 Å². The lowest BCUT2D eigenvalue weighted by atomic mass is 9.95. The molecule has 1 atom stereocenters. The van der Waals surface area contributed by atoms with Gasteiger partial charge in [0.15, 0.2) is 0 Å². The number of hydrogen-bond donors (Lipinski definition) is 0. The van der Waals surface area contributed by atoms with Crippen molar-refractivity contribution in [3.05, 3.63) is 59.7 Å². The first-order chi connectivity index (χ1) is 11.5. The van der Waals surface area contributed by atoms with E-state index in [1.807, 2.05) is 26.0 Å². The van der Waals surface area contributed by atoms with E-state index in [0.29, 0.717) is 24.2 Å². The minimum atomic E-state index is -0.594. The first-order valence-corrected chi connectivity index (χ1v) is 8.22. The van der Waals surface area contributed by atoms with E-state index in [9.17, 15) is 13.6 Å². The van der Waals surface area contributed by atoms with Gasteiger partial charge in [-0.1, -0.05) is 44.5 Å². The fraction of sp³-hybridized carbons (Fsp3) is 0.350. The third-order valence-corrected chi connectivity index (χ3v) is 3.96. The Kier molecular flexibility index (Phi) is 6.47. The normalized spacial score (nSPS) is 12.0. The van der Waals surface area contributed by atoms with Crippen molar-refractivity contribution >= 4 is 5.97 Å². The third kappa shape index (κ3) is 4.88. The number of rotatable bonds is 7. The quantitative estimate of drug-likeness (QED) is 0.496. The number of carbonyl (C=O) groups excluding carboxylic acids is 1. The predicted molar refractivity (Wildman–Crippen MR) is 90.7 cm³/mol. The highest BCUT2D eigenvalue weighted by Crippen LogP contribution is 2.26. The second-order valence-electron chi connectivity index (χ2n) is 5.93. The van der Waals surface area contributed by atoms with Gasteiger partial charge < -0.3 is 4.74 Å². The van der Waals surface area contributed by atoms with E-state index in [2.05, 4.69) is 0 Å². The number of ether oxygens (including phenoxy) is 1. The van der Waals surface area contributed by atoms with Crippen molar-refractivity contribution in [1.29, 1.82) is 0 Å². The SMILES string of the molecule is CCCCOC(=O)CC(C)c1ccc(-c2ccc(F)cc2F)cc1. The largest absolute Gasteiger partial charge is 0.466 e. The number of benzene rings is 2. The third-order valence-electron chi connectivity index (χ3n) is 3.96. The van der Waals surface area contributed by atoms with Crippen LogP contribution in [0.1, 0.15) is 44.6 Å². The fourth-order valence-corrected chi connectivity index (χ4v) is 2.47. The van der Waals surface area contributed by atoms with Gasteiger partial charge in [0.05, 0.1) is 13.0 Å². The maximum atomic E-state index is 13.8. The van der Waals surface area contributed by atoms with E-state index in [-0.39, 0.29) is 11.9 Å². The second kappa shape index (κ2) is 8.57. The zero-order valence-corrected chi connectivity index (χ0v) is 14.0. The van der Waals surface area contributed by atoms with Crippen LogP contribution in [-0.4, -0.2) is 12.6 Å². The Morgan fingerprint density at radius 2 is 1.83 bits per heavy atom. The van der Waals surface area contributed by atoms with Gasteiger partial charge in [-0.3, -0.25) is 4.79 Å². The molecule has 2 rings (SSSR count). The van der Waals surface area contributed by atoms with Gasteiger partial charge in [-0.2, -0.15) is 0 Å². The molecule has 128 valence electrons. The van der Waals surface area contributed by atoms with Gasteiger partial charge in [0.2, 0.25) is 0 Å². The number of hydrogen-bond acceptors (Lipinski definition) is 2. The summed E-state index contributed by atoms with van der Waals surface area (Å²) in [5.41, 5.74) is 2.01. The summed E-state index contributed by atoms with van der Waals surface area (Å²) < 4.78 is 32.0. The molecule has 2 aromatic carbocycles. The average Bonchev–Trinajstić information content (AvgIpc) is 2.55. The molecule has 0 saturated heterocycles. The Bertz CT molecular complexity index is 681. The molecular formula is C20H22F2O2. The molecule has 0 aliphatic rings. The average molecular weight is 332 g/mol. The van der Waals surface area contributed by atoms with Crippen LogP contribution in [-0.2, 0) is 9.53 Å². The van der Waals surface area contributed by atoms with Crippen molar-refractivity contribution in [2.45, 2.75) is 39.0 Å². The topological polar surface area (TPSA) is 26.3 Å². The van der Waals surface area contributed by atoms with Crippen LogP contribution in [0.3, 0.4) is 0 Å². The maximum absolute atomic E-state index is 13.8. The first kappa shape index (κ1) is 18.1. The van der Waals surface area contributed by atoms with Crippen LogP contribution >= 0.6 is 0 Å². The Hall–Kier alpha value is -2.23. The Morgan fingerprint density at radius 3 is 2.46 bits per heavy atom. The molecule has 0 N–H and O–H groups in total. The molecular weight excluding hydrogens is 310 g/mol. The van der Waals surface area contributed by atoms with Crippen LogP contribution in [0.15, 0.2) is 42.5 Å². The summed E-state index contributed by atoms with van der Waals surface area (Å²) in [5.74, 6) is -1.37. The molecule has 0 aliphatic heterocycles. The zero-order valence-electron chi connectivity index (χ0n) is 14.0. The van der Waals surface area contributed by atoms with Crippen LogP contribution in [0.4, 0.5) is 8.78 Å². The van der Waals surface area contributed by atoms with E-state index in [0.717, 1.165) is 24.5 Å². The van der Waals surface area contributed by atoms with Crippen molar-refractivity contribution in [3.8, 4) is 11.1 Å². The molecule has 0 fully saturated rings. The summed E-state index contributed by atoms with van der Waals surface area (Å²) in [5, 5.41) is 0. The molecule has 2 nitrogen and oxygen atoms in total. The van der Waals surface area contributed by atoms with Gasteiger partial charge in [0.1, 0.15) is 11.6 Å². The molecule has 0 aromatic heterocycles. The molecule has 0 amide bonds. The van der Waals surface area contributed by atoms with Crippen molar-refractivity contribution in [2.24, 2.45) is 0 Å². The lowest BCUT2D eigenvalue weighted by molar-refractivity contribution is -0.144. The van der Waals surface area contributed by atoms with E-state index >= 15 is 0 Å². The van der Waals surface area contributed by atoms with Crippen LogP contribution in [0.25, 0.3) is 11.1 Å². The van der Waals surface area contributed by atoms with Crippen molar-refractivity contribution < 1.29 is 18.3 Å². The fourth-order valence-electron chi connectivity index (χ4n) is 2.47. The van der Waals surface area contributed by atoms with E-state index in [4.69, 9.17) is 4.74 Å². The summed E-state index contributed by atoms with van der Waals surface area (Å²) in [7, 11) is 0. The highest BCUT2D eigenvalue weighted by Gasteiger charge is 2.13. The minimum absolute atomic E-state index is 0.0197. The second-order valence-corrected chi connectivity index (χ2v) is 5.93. The molecule has 0 aliphatic carbocycles. The van der Waals surface area contributed by atoms with Crippen LogP contribution in [0.2, 0.25) is 0 Å². The number of carbonyl (C=O) groups is 1. The van der Waals surface area contributed by atoms with Crippen LogP contribution in [0, 0.1) is 11.6 Å². The lowest BCUT2D eigenvalue weighted by Gasteiger charge is -2.12. The number of esters is 1. The van der Waals surface area contributed by atoms with E-state index in [1.165, 1.54) is 12.1 Å². The molecule has 0 heterocycles. The van der Waals surface area contributed by atoms with Gasteiger partial charge >= 0.3 is 5.97 Å². The molecule has 0 bridgehead atoms. The van der Waals surface area contributed by atoms with E-state index in [1.54, 1.807) is 12.1 Å². The van der Waals surface area contributed by atoms with Crippen molar-refractivity contribution in [3.63, 3.8) is 0 Å². The summed E-state index contributed by atoms with van der Waals surface area (Å²) in [4.78, 5) is 11.8. The predicted octanol–water partition coefficient (Wildman–Crippen LogP) is 5.47. The molecule has 0 radical (unpaired) electrons.